The van der Waals surface area contributed by atoms with E-state index in [-0.39, 0.29) is 12.2 Å². The molecule has 3 amide bonds. The van der Waals surface area contributed by atoms with Gasteiger partial charge >= 0.3 is 0 Å². The van der Waals surface area contributed by atoms with Crippen LogP contribution in [-0.4, -0.2) is 30.4 Å². The lowest BCUT2D eigenvalue weighted by atomic mass is 10.1. The highest BCUT2D eigenvalue weighted by Gasteiger charge is 2.17. The fraction of sp³-hybridized carbons (Fsp3) is 0.211. The molecule has 0 unspecified atom stereocenters. The van der Waals surface area contributed by atoms with E-state index < -0.39 is 42.0 Å². The quantitative estimate of drug-likeness (QED) is 0.619. The number of carbonyl (C=O) groups is 3. The molecule has 2 rings (SSSR count). The first kappa shape index (κ1) is 20.8. The maximum atomic E-state index is 13.5. The van der Waals surface area contributed by atoms with Gasteiger partial charge in [-0.05, 0) is 36.8 Å². The Hall–Kier alpha value is -3.49. The number of benzene rings is 2. The highest BCUT2D eigenvalue weighted by molar-refractivity contribution is 5.88. The topological polar surface area (TPSA) is 96.5 Å². The molecule has 9 heteroatoms. The Bertz CT molecular complexity index is 861. The Morgan fingerprint density at radius 1 is 1.00 bits per heavy atom. The molecule has 0 aliphatic rings. The third kappa shape index (κ3) is 6.67. The van der Waals surface area contributed by atoms with Crippen LogP contribution in [0.5, 0.6) is 5.75 Å². The van der Waals surface area contributed by atoms with Crippen molar-refractivity contribution in [2.24, 2.45) is 0 Å². The molecule has 28 heavy (non-hydrogen) atoms. The number of amides is 3. The summed E-state index contributed by atoms with van der Waals surface area (Å²) in [5, 5.41) is 2.35. The molecule has 0 fully saturated rings. The van der Waals surface area contributed by atoms with Crippen molar-refractivity contribution in [3.63, 3.8) is 0 Å². The van der Waals surface area contributed by atoms with Crippen molar-refractivity contribution in [2.45, 2.75) is 19.4 Å². The maximum Gasteiger partial charge on any atom is 0.279 e. The van der Waals surface area contributed by atoms with E-state index in [2.05, 4.69) is 16.2 Å². The van der Waals surface area contributed by atoms with Crippen molar-refractivity contribution in [1.82, 2.24) is 16.2 Å². The third-order valence-corrected chi connectivity index (χ3v) is 3.53. The number of rotatable bonds is 7. The van der Waals surface area contributed by atoms with Gasteiger partial charge < -0.3 is 10.1 Å². The summed E-state index contributed by atoms with van der Waals surface area (Å²) in [7, 11) is 0. The Morgan fingerprint density at radius 2 is 1.75 bits per heavy atom. The minimum absolute atomic E-state index is 0.0923. The molecule has 3 N–H and O–H groups in total. The molecule has 0 heterocycles. The molecule has 0 saturated heterocycles. The van der Waals surface area contributed by atoms with Gasteiger partial charge in [0.25, 0.3) is 11.8 Å². The van der Waals surface area contributed by atoms with E-state index in [9.17, 15) is 23.2 Å². The van der Waals surface area contributed by atoms with Crippen LogP contribution >= 0.6 is 0 Å². The summed E-state index contributed by atoms with van der Waals surface area (Å²) < 4.78 is 31.7. The van der Waals surface area contributed by atoms with Gasteiger partial charge in [-0.2, -0.15) is 0 Å². The lowest BCUT2D eigenvalue weighted by Crippen LogP contribution is -2.50. The lowest BCUT2D eigenvalue weighted by molar-refractivity contribution is -0.133. The predicted molar refractivity (Wildman–Crippen MR) is 95.9 cm³/mol. The van der Waals surface area contributed by atoms with E-state index in [4.69, 9.17) is 4.74 Å². The third-order valence-electron chi connectivity index (χ3n) is 3.53. The highest BCUT2D eigenvalue weighted by Crippen LogP contribution is 2.16. The van der Waals surface area contributed by atoms with Crippen molar-refractivity contribution in [3.8, 4) is 5.75 Å². The maximum absolute atomic E-state index is 13.5. The predicted octanol–water partition coefficient (Wildman–Crippen LogP) is 1.24. The molecule has 0 aliphatic carbocycles. The van der Waals surface area contributed by atoms with Gasteiger partial charge in [-0.3, -0.25) is 25.2 Å². The molecule has 0 aliphatic heterocycles. The fourth-order valence-electron chi connectivity index (χ4n) is 2.14. The SMILES string of the molecule is C[C@@H](Oc1ccccc1F)C(=O)NNC(=O)CNC(=O)Cc1cccc(F)c1. The van der Waals surface area contributed by atoms with Crippen molar-refractivity contribution in [3.05, 3.63) is 65.7 Å². The molecular weight excluding hydrogens is 372 g/mol. The lowest BCUT2D eigenvalue weighted by Gasteiger charge is -2.15. The monoisotopic (exact) mass is 391 g/mol. The van der Waals surface area contributed by atoms with Gasteiger partial charge in [-0.15, -0.1) is 0 Å². The average Bonchev–Trinajstić information content (AvgIpc) is 2.66. The van der Waals surface area contributed by atoms with Crippen LogP contribution in [0, 0.1) is 11.6 Å². The van der Waals surface area contributed by atoms with Crippen LogP contribution in [-0.2, 0) is 20.8 Å². The van der Waals surface area contributed by atoms with Gasteiger partial charge in [0.1, 0.15) is 5.82 Å². The largest absolute Gasteiger partial charge is 0.478 e. The van der Waals surface area contributed by atoms with Crippen LogP contribution in [0.2, 0.25) is 0 Å². The zero-order chi connectivity index (χ0) is 20.5. The molecule has 0 bridgehead atoms. The summed E-state index contributed by atoms with van der Waals surface area (Å²) in [6, 6.07) is 11.1. The van der Waals surface area contributed by atoms with E-state index in [1.54, 1.807) is 12.1 Å². The summed E-state index contributed by atoms with van der Waals surface area (Å²) in [6.07, 6.45) is -1.16. The molecule has 2 aromatic carbocycles. The van der Waals surface area contributed by atoms with Gasteiger partial charge in [0, 0.05) is 0 Å². The summed E-state index contributed by atoms with van der Waals surface area (Å²) in [5.74, 6) is -3.05. The van der Waals surface area contributed by atoms with Gasteiger partial charge in [-0.1, -0.05) is 24.3 Å². The minimum Gasteiger partial charge on any atom is -0.478 e. The van der Waals surface area contributed by atoms with E-state index in [0.717, 1.165) is 0 Å². The average molecular weight is 391 g/mol. The van der Waals surface area contributed by atoms with Gasteiger partial charge in [0.05, 0.1) is 13.0 Å². The highest BCUT2D eigenvalue weighted by atomic mass is 19.1. The van der Waals surface area contributed by atoms with Crippen LogP contribution in [0.15, 0.2) is 48.5 Å². The van der Waals surface area contributed by atoms with E-state index in [1.807, 2.05) is 0 Å². The van der Waals surface area contributed by atoms with Crippen LogP contribution in [0.3, 0.4) is 0 Å². The number of nitrogens with one attached hydrogen (secondary N) is 3. The van der Waals surface area contributed by atoms with Crippen LogP contribution in [0.4, 0.5) is 8.78 Å². The van der Waals surface area contributed by atoms with Crippen molar-refractivity contribution >= 4 is 17.7 Å². The summed E-state index contributed by atoms with van der Waals surface area (Å²) in [4.78, 5) is 35.3. The molecule has 0 saturated carbocycles. The first-order valence-electron chi connectivity index (χ1n) is 8.36. The normalized spacial score (nSPS) is 11.2. The number of hydrogen-bond donors (Lipinski definition) is 3. The summed E-state index contributed by atoms with van der Waals surface area (Å²) in [5.41, 5.74) is 4.68. The molecule has 148 valence electrons. The second kappa shape index (κ2) is 10.0. The van der Waals surface area contributed by atoms with E-state index in [0.29, 0.717) is 5.56 Å². The van der Waals surface area contributed by atoms with Gasteiger partial charge in [0.2, 0.25) is 5.91 Å². The second-order valence-corrected chi connectivity index (χ2v) is 5.81. The first-order chi connectivity index (χ1) is 13.3. The molecule has 1 atom stereocenters. The van der Waals surface area contributed by atoms with Crippen LogP contribution < -0.4 is 20.9 Å². The second-order valence-electron chi connectivity index (χ2n) is 5.81. The van der Waals surface area contributed by atoms with Crippen LogP contribution in [0.1, 0.15) is 12.5 Å². The standard InChI is InChI=1S/C19H19F2N3O4/c1-12(28-16-8-3-2-7-15(16)21)19(27)24-23-18(26)11-22-17(25)10-13-5-4-6-14(20)9-13/h2-9,12H,10-11H2,1H3,(H,22,25)(H,23,26)(H,24,27)/t12-/m1/s1. The number of halogens is 2. The number of carbonyl (C=O) groups excluding carboxylic acids is 3. The van der Waals surface area contributed by atoms with Gasteiger partial charge in [0.15, 0.2) is 17.7 Å². The van der Waals surface area contributed by atoms with E-state index in [1.165, 1.54) is 43.3 Å². The Labute approximate surface area is 160 Å². The Kier molecular flexibility index (Phi) is 7.44. The number of para-hydroxylation sites is 1. The van der Waals surface area contributed by atoms with E-state index >= 15 is 0 Å². The summed E-state index contributed by atoms with van der Waals surface area (Å²) in [6.45, 7) is 0.992. The molecule has 0 spiro atoms. The van der Waals surface area contributed by atoms with Crippen LogP contribution in [0.25, 0.3) is 0 Å². The summed E-state index contributed by atoms with van der Waals surface area (Å²) >= 11 is 0. The minimum atomic E-state index is -1.07. The number of hydrogen-bond acceptors (Lipinski definition) is 4. The smallest absolute Gasteiger partial charge is 0.279 e. The molecule has 2 aromatic rings. The number of hydrazine groups is 1. The molecule has 0 radical (unpaired) electrons. The zero-order valence-corrected chi connectivity index (χ0v) is 15.0. The van der Waals surface area contributed by atoms with Crippen molar-refractivity contribution in [1.29, 1.82) is 0 Å². The molecule has 7 nitrogen and oxygen atoms in total. The fourth-order valence-corrected chi connectivity index (χ4v) is 2.14. The Morgan fingerprint density at radius 3 is 2.46 bits per heavy atom. The number of ether oxygens (including phenoxy) is 1. The molecule has 0 aromatic heterocycles. The zero-order valence-electron chi connectivity index (χ0n) is 15.0. The van der Waals surface area contributed by atoms with Crippen molar-refractivity contribution in [2.75, 3.05) is 6.54 Å². The Balaban J connectivity index is 1.70. The first-order valence-corrected chi connectivity index (χ1v) is 8.36. The van der Waals surface area contributed by atoms with Gasteiger partial charge in [-0.25, -0.2) is 8.78 Å². The van der Waals surface area contributed by atoms with Crippen molar-refractivity contribution < 1.29 is 27.9 Å². The molecular formula is C19H19F2N3O4.